The molecule has 0 saturated carbocycles. The van der Waals surface area contributed by atoms with Gasteiger partial charge in [0.1, 0.15) is 5.56 Å². The molecule has 19 heavy (non-hydrogen) atoms. The SMILES string of the molecule is Cc1nn(C)c2ncc(C(=O)O)c(NCC(C)C)c12. The van der Waals surface area contributed by atoms with Crippen molar-refractivity contribution in [2.24, 2.45) is 13.0 Å². The summed E-state index contributed by atoms with van der Waals surface area (Å²) in [5.41, 5.74) is 2.26. The number of aromatic carboxylic acids is 1. The topological polar surface area (TPSA) is 80.0 Å². The molecule has 0 aliphatic carbocycles. The Kier molecular flexibility index (Phi) is 3.42. The Morgan fingerprint density at radius 3 is 2.79 bits per heavy atom. The summed E-state index contributed by atoms with van der Waals surface area (Å²) in [5, 5.41) is 17.6. The summed E-state index contributed by atoms with van der Waals surface area (Å²) in [5.74, 6) is -0.564. The second kappa shape index (κ2) is 4.87. The zero-order valence-electron chi connectivity index (χ0n) is 11.6. The van der Waals surface area contributed by atoms with Crippen molar-refractivity contribution in [2.75, 3.05) is 11.9 Å². The van der Waals surface area contributed by atoms with E-state index in [9.17, 15) is 9.90 Å². The molecule has 2 aromatic rings. The summed E-state index contributed by atoms with van der Waals surface area (Å²) in [6, 6.07) is 0. The van der Waals surface area contributed by atoms with E-state index in [-0.39, 0.29) is 5.56 Å². The number of rotatable bonds is 4. The number of nitrogens with zero attached hydrogens (tertiary/aromatic N) is 3. The standard InChI is InChI=1S/C13H18N4O2/c1-7(2)5-14-11-9(13(18)19)6-15-12-10(11)8(3)16-17(12)4/h6-7H,5H2,1-4H3,(H,14,15)(H,18,19). The number of anilines is 1. The molecule has 0 aliphatic rings. The van der Waals surface area contributed by atoms with Gasteiger partial charge in [-0.1, -0.05) is 13.8 Å². The number of hydrogen-bond acceptors (Lipinski definition) is 4. The Morgan fingerprint density at radius 2 is 2.21 bits per heavy atom. The zero-order valence-corrected chi connectivity index (χ0v) is 11.6. The van der Waals surface area contributed by atoms with E-state index in [0.717, 1.165) is 11.1 Å². The molecule has 2 N–H and O–H groups in total. The molecule has 2 aromatic heterocycles. The van der Waals surface area contributed by atoms with Crippen LogP contribution in [0.5, 0.6) is 0 Å². The average molecular weight is 262 g/mol. The van der Waals surface area contributed by atoms with Gasteiger partial charge in [-0.3, -0.25) is 4.68 Å². The van der Waals surface area contributed by atoms with E-state index in [1.165, 1.54) is 6.20 Å². The maximum absolute atomic E-state index is 11.3. The molecule has 6 nitrogen and oxygen atoms in total. The lowest BCUT2D eigenvalue weighted by Crippen LogP contribution is -2.12. The minimum atomic E-state index is -0.982. The van der Waals surface area contributed by atoms with Crippen LogP contribution in [0.3, 0.4) is 0 Å². The molecule has 6 heteroatoms. The lowest BCUT2D eigenvalue weighted by atomic mass is 10.1. The lowest BCUT2D eigenvalue weighted by Gasteiger charge is -2.13. The van der Waals surface area contributed by atoms with Crippen LogP contribution in [0.15, 0.2) is 6.20 Å². The van der Waals surface area contributed by atoms with Crippen molar-refractivity contribution in [3.05, 3.63) is 17.5 Å². The van der Waals surface area contributed by atoms with Gasteiger partial charge in [-0.15, -0.1) is 0 Å². The quantitative estimate of drug-likeness (QED) is 0.881. The van der Waals surface area contributed by atoms with Gasteiger partial charge < -0.3 is 10.4 Å². The van der Waals surface area contributed by atoms with E-state index in [0.29, 0.717) is 23.8 Å². The van der Waals surface area contributed by atoms with E-state index < -0.39 is 5.97 Å². The first-order chi connectivity index (χ1) is 8.91. The van der Waals surface area contributed by atoms with E-state index >= 15 is 0 Å². The molecule has 0 atom stereocenters. The third kappa shape index (κ3) is 2.38. The number of aromatic nitrogens is 3. The average Bonchev–Trinajstić information content (AvgIpc) is 2.62. The first-order valence-electron chi connectivity index (χ1n) is 6.21. The highest BCUT2D eigenvalue weighted by molar-refractivity contribution is 6.04. The summed E-state index contributed by atoms with van der Waals surface area (Å²) in [6.07, 6.45) is 1.38. The van der Waals surface area contributed by atoms with Gasteiger partial charge in [0.25, 0.3) is 0 Å². The number of aryl methyl sites for hydroxylation is 2. The predicted molar refractivity (Wildman–Crippen MR) is 73.5 cm³/mol. The maximum atomic E-state index is 11.3. The molecule has 2 heterocycles. The molecule has 0 aliphatic heterocycles. The van der Waals surface area contributed by atoms with Crippen LogP contribution in [0.1, 0.15) is 29.9 Å². The molecule has 0 saturated heterocycles. The molecule has 0 aromatic carbocycles. The molecule has 0 amide bonds. The summed E-state index contributed by atoms with van der Waals surface area (Å²) in [7, 11) is 1.80. The van der Waals surface area contributed by atoms with Crippen molar-refractivity contribution in [1.29, 1.82) is 0 Å². The van der Waals surface area contributed by atoms with Gasteiger partial charge in [0.2, 0.25) is 0 Å². The number of carbonyl (C=O) groups is 1. The largest absolute Gasteiger partial charge is 0.478 e. The van der Waals surface area contributed by atoms with Crippen LogP contribution in [0.25, 0.3) is 11.0 Å². The van der Waals surface area contributed by atoms with Crippen molar-refractivity contribution < 1.29 is 9.90 Å². The third-order valence-corrected chi connectivity index (χ3v) is 2.94. The fourth-order valence-corrected chi connectivity index (χ4v) is 2.06. The number of carboxylic acids is 1. The first-order valence-corrected chi connectivity index (χ1v) is 6.21. The van der Waals surface area contributed by atoms with Crippen molar-refractivity contribution >= 4 is 22.7 Å². The van der Waals surface area contributed by atoms with Crippen LogP contribution in [-0.4, -0.2) is 32.4 Å². The van der Waals surface area contributed by atoms with Crippen molar-refractivity contribution in [1.82, 2.24) is 14.8 Å². The smallest absolute Gasteiger partial charge is 0.339 e. The van der Waals surface area contributed by atoms with Gasteiger partial charge in [-0.2, -0.15) is 5.10 Å². The minimum absolute atomic E-state index is 0.184. The Bertz CT molecular complexity index is 631. The second-order valence-corrected chi connectivity index (χ2v) is 5.03. The monoisotopic (exact) mass is 262 g/mol. The molecule has 0 bridgehead atoms. The van der Waals surface area contributed by atoms with Crippen LogP contribution in [-0.2, 0) is 7.05 Å². The van der Waals surface area contributed by atoms with Crippen LogP contribution >= 0.6 is 0 Å². The molecular weight excluding hydrogens is 244 g/mol. The van der Waals surface area contributed by atoms with Crippen LogP contribution < -0.4 is 5.32 Å². The Balaban J connectivity index is 2.65. The van der Waals surface area contributed by atoms with E-state index in [1.807, 2.05) is 6.92 Å². The fourth-order valence-electron chi connectivity index (χ4n) is 2.06. The van der Waals surface area contributed by atoms with E-state index in [4.69, 9.17) is 0 Å². The second-order valence-electron chi connectivity index (χ2n) is 5.03. The highest BCUT2D eigenvalue weighted by Gasteiger charge is 2.19. The van der Waals surface area contributed by atoms with Gasteiger partial charge in [-0.05, 0) is 12.8 Å². The number of pyridine rings is 1. The summed E-state index contributed by atoms with van der Waals surface area (Å²) in [6.45, 7) is 6.70. The molecule has 102 valence electrons. The van der Waals surface area contributed by atoms with E-state index in [1.54, 1.807) is 11.7 Å². The van der Waals surface area contributed by atoms with E-state index in [2.05, 4.69) is 29.2 Å². The molecular formula is C13H18N4O2. The lowest BCUT2D eigenvalue weighted by molar-refractivity contribution is 0.0697. The molecule has 0 unspecified atom stereocenters. The summed E-state index contributed by atoms with van der Waals surface area (Å²) < 4.78 is 1.66. The fraction of sp³-hybridized carbons (Fsp3) is 0.462. The number of nitrogens with one attached hydrogen (secondary N) is 1. The highest BCUT2D eigenvalue weighted by atomic mass is 16.4. The maximum Gasteiger partial charge on any atom is 0.339 e. The Morgan fingerprint density at radius 1 is 1.53 bits per heavy atom. The normalized spacial score (nSPS) is 11.2. The predicted octanol–water partition coefficient (Wildman–Crippen LogP) is 2.04. The van der Waals surface area contributed by atoms with Gasteiger partial charge in [0.05, 0.1) is 16.8 Å². The Hall–Kier alpha value is -2.11. The van der Waals surface area contributed by atoms with Gasteiger partial charge in [0, 0.05) is 19.8 Å². The van der Waals surface area contributed by atoms with Gasteiger partial charge in [0.15, 0.2) is 5.65 Å². The third-order valence-electron chi connectivity index (χ3n) is 2.94. The summed E-state index contributed by atoms with van der Waals surface area (Å²) in [4.78, 5) is 15.5. The zero-order chi connectivity index (χ0) is 14.2. The highest BCUT2D eigenvalue weighted by Crippen LogP contribution is 2.28. The van der Waals surface area contributed by atoms with Crippen LogP contribution in [0.4, 0.5) is 5.69 Å². The number of carboxylic acid groups (broad SMARTS) is 1. The summed E-state index contributed by atoms with van der Waals surface area (Å²) >= 11 is 0. The van der Waals surface area contributed by atoms with Crippen LogP contribution in [0, 0.1) is 12.8 Å². The number of fused-ring (bicyclic) bond motifs is 1. The van der Waals surface area contributed by atoms with Crippen LogP contribution in [0.2, 0.25) is 0 Å². The molecule has 0 fully saturated rings. The molecule has 2 rings (SSSR count). The molecule has 0 radical (unpaired) electrons. The molecule has 0 spiro atoms. The van der Waals surface area contributed by atoms with Gasteiger partial charge in [-0.25, -0.2) is 9.78 Å². The van der Waals surface area contributed by atoms with Crippen molar-refractivity contribution in [3.63, 3.8) is 0 Å². The van der Waals surface area contributed by atoms with Gasteiger partial charge >= 0.3 is 5.97 Å². The number of hydrogen-bond donors (Lipinski definition) is 2. The van der Waals surface area contributed by atoms with Crippen molar-refractivity contribution in [2.45, 2.75) is 20.8 Å². The Labute approximate surface area is 111 Å². The van der Waals surface area contributed by atoms with Crippen molar-refractivity contribution in [3.8, 4) is 0 Å². The minimum Gasteiger partial charge on any atom is -0.478 e. The first kappa shape index (κ1) is 13.3.